The van der Waals surface area contributed by atoms with Crippen LogP contribution in [0.4, 0.5) is 4.79 Å². The molecule has 1 saturated heterocycles. The summed E-state index contributed by atoms with van der Waals surface area (Å²) in [5, 5.41) is 1.21. The molecule has 1 amide bonds. The van der Waals surface area contributed by atoms with E-state index in [1.165, 1.54) is 11.1 Å². The normalized spacial score (nSPS) is 23.9. The molecule has 0 aromatic carbocycles. The van der Waals surface area contributed by atoms with E-state index < -0.39 is 11.7 Å². The number of amides is 1. The Morgan fingerprint density at radius 2 is 2.21 bits per heavy atom. The number of carbonyl (C=O) groups excluding carboxylic acids is 2. The average molecular weight is 269 g/mol. The molecule has 2 heterocycles. The van der Waals surface area contributed by atoms with Crippen LogP contribution in [-0.4, -0.2) is 42.0 Å². The molecule has 0 saturated carbocycles. The number of hydrogen-bond acceptors (Lipinski definition) is 5. The number of hydrogen-bond donors (Lipinski definition) is 0. The summed E-state index contributed by atoms with van der Waals surface area (Å²) in [4.78, 5) is 28.5. The van der Waals surface area contributed by atoms with Crippen LogP contribution in [0.5, 0.6) is 0 Å². The summed E-state index contributed by atoms with van der Waals surface area (Å²) < 4.78 is 10.4. The predicted octanol–water partition coefficient (Wildman–Crippen LogP) is 1.80. The summed E-state index contributed by atoms with van der Waals surface area (Å²) in [7, 11) is 0. The Morgan fingerprint density at radius 3 is 2.89 bits per heavy atom. The minimum Gasteiger partial charge on any atom is -0.455 e. The first-order chi connectivity index (χ1) is 8.85. The van der Waals surface area contributed by atoms with Gasteiger partial charge in [-0.2, -0.15) is 5.06 Å². The van der Waals surface area contributed by atoms with Gasteiger partial charge in [-0.05, 0) is 33.6 Å². The fourth-order valence-corrected chi connectivity index (χ4v) is 1.97. The van der Waals surface area contributed by atoms with Gasteiger partial charge in [-0.3, -0.25) is 4.84 Å². The van der Waals surface area contributed by atoms with Crippen molar-refractivity contribution >= 4 is 12.1 Å². The average Bonchev–Trinajstić information content (AvgIpc) is 2.56. The van der Waals surface area contributed by atoms with E-state index in [4.69, 9.17) is 14.3 Å². The standard InChI is InChI=1S/C13H19NO5/c1-13(2,3)19-12(16)14-6-4-5-10-9(8-17-14)7-11(15)18-10/h7,10H,4-6,8H2,1-3H3. The first-order valence-corrected chi connectivity index (χ1v) is 6.40. The smallest absolute Gasteiger partial charge is 0.434 e. The lowest BCUT2D eigenvalue weighted by molar-refractivity contribution is -0.151. The molecule has 2 rings (SSSR count). The van der Waals surface area contributed by atoms with Crippen LogP contribution in [0, 0.1) is 0 Å². The van der Waals surface area contributed by atoms with E-state index in [1.54, 1.807) is 20.8 Å². The minimum atomic E-state index is -0.558. The molecule has 0 N–H and O–H groups in total. The summed E-state index contributed by atoms with van der Waals surface area (Å²) in [5.74, 6) is -0.339. The number of fused-ring (bicyclic) bond motifs is 1. The van der Waals surface area contributed by atoms with Gasteiger partial charge in [0.05, 0.1) is 6.54 Å². The molecule has 1 atom stereocenters. The Hall–Kier alpha value is -1.56. The second-order valence-corrected chi connectivity index (χ2v) is 5.64. The highest BCUT2D eigenvalue weighted by Gasteiger charge is 2.31. The van der Waals surface area contributed by atoms with E-state index in [2.05, 4.69) is 0 Å². The van der Waals surface area contributed by atoms with Crippen LogP contribution in [-0.2, 0) is 19.1 Å². The molecule has 0 spiro atoms. The highest BCUT2D eigenvalue weighted by Crippen LogP contribution is 2.23. The Balaban J connectivity index is 1.96. The van der Waals surface area contributed by atoms with Gasteiger partial charge >= 0.3 is 12.1 Å². The maximum Gasteiger partial charge on any atom is 0.434 e. The van der Waals surface area contributed by atoms with Gasteiger partial charge in [-0.25, -0.2) is 9.59 Å². The molecule has 1 fully saturated rings. The van der Waals surface area contributed by atoms with Crippen molar-refractivity contribution in [2.45, 2.75) is 45.3 Å². The lowest BCUT2D eigenvalue weighted by Gasteiger charge is -2.29. The number of ether oxygens (including phenoxy) is 2. The molecular formula is C13H19NO5. The van der Waals surface area contributed by atoms with Gasteiger partial charge in [0.25, 0.3) is 0 Å². The highest BCUT2D eigenvalue weighted by molar-refractivity contribution is 5.85. The monoisotopic (exact) mass is 269 g/mol. The summed E-state index contributed by atoms with van der Waals surface area (Å²) in [6, 6.07) is 0. The Bertz CT molecular complexity index is 410. The van der Waals surface area contributed by atoms with E-state index >= 15 is 0 Å². The first kappa shape index (κ1) is 13.9. The van der Waals surface area contributed by atoms with Crippen molar-refractivity contribution in [1.82, 2.24) is 5.06 Å². The fourth-order valence-electron chi connectivity index (χ4n) is 1.97. The molecule has 0 bridgehead atoms. The Morgan fingerprint density at radius 1 is 1.47 bits per heavy atom. The van der Waals surface area contributed by atoms with Crippen molar-refractivity contribution in [2.24, 2.45) is 0 Å². The van der Waals surface area contributed by atoms with Crippen molar-refractivity contribution < 1.29 is 23.9 Å². The van der Waals surface area contributed by atoms with Crippen LogP contribution in [0.3, 0.4) is 0 Å². The van der Waals surface area contributed by atoms with E-state index in [0.29, 0.717) is 19.4 Å². The molecule has 2 aliphatic rings. The first-order valence-electron chi connectivity index (χ1n) is 6.40. The number of hydroxylamine groups is 2. The van der Waals surface area contributed by atoms with Crippen molar-refractivity contribution in [3.63, 3.8) is 0 Å². The Kier molecular flexibility index (Phi) is 3.80. The Labute approximate surface area is 112 Å². The van der Waals surface area contributed by atoms with Crippen LogP contribution in [0.2, 0.25) is 0 Å². The third kappa shape index (κ3) is 3.70. The van der Waals surface area contributed by atoms with E-state index in [1.807, 2.05) is 0 Å². The third-order valence-electron chi connectivity index (χ3n) is 2.79. The van der Waals surface area contributed by atoms with Crippen LogP contribution in [0.1, 0.15) is 33.6 Å². The molecule has 0 aliphatic carbocycles. The largest absolute Gasteiger partial charge is 0.455 e. The number of rotatable bonds is 0. The maximum atomic E-state index is 11.9. The zero-order valence-electron chi connectivity index (χ0n) is 11.5. The van der Waals surface area contributed by atoms with Crippen molar-refractivity contribution in [2.75, 3.05) is 13.2 Å². The maximum absolute atomic E-state index is 11.9. The molecule has 6 heteroatoms. The number of esters is 1. The van der Waals surface area contributed by atoms with Gasteiger partial charge in [-0.1, -0.05) is 0 Å². The second-order valence-electron chi connectivity index (χ2n) is 5.64. The van der Waals surface area contributed by atoms with Crippen LogP contribution in [0.15, 0.2) is 11.6 Å². The number of carbonyl (C=O) groups is 2. The van der Waals surface area contributed by atoms with Crippen molar-refractivity contribution in [3.8, 4) is 0 Å². The van der Waals surface area contributed by atoms with E-state index in [-0.39, 0.29) is 18.7 Å². The SMILES string of the molecule is CC(C)(C)OC(=O)N1CCCC2OC(=O)C=C2CO1. The van der Waals surface area contributed by atoms with Gasteiger partial charge in [0.2, 0.25) is 0 Å². The van der Waals surface area contributed by atoms with Crippen LogP contribution in [0.25, 0.3) is 0 Å². The zero-order valence-corrected chi connectivity index (χ0v) is 11.5. The van der Waals surface area contributed by atoms with Crippen LogP contribution >= 0.6 is 0 Å². The quantitative estimate of drug-likeness (QED) is 0.627. The second kappa shape index (κ2) is 5.21. The molecule has 1 unspecified atom stereocenters. The fraction of sp³-hybridized carbons (Fsp3) is 0.692. The van der Waals surface area contributed by atoms with Crippen molar-refractivity contribution in [3.05, 3.63) is 11.6 Å². The van der Waals surface area contributed by atoms with E-state index in [0.717, 1.165) is 5.57 Å². The van der Waals surface area contributed by atoms with Crippen molar-refractivity contribution in [1.29, 1.82) is 0 Å². The molecule has 2 aliphatic heterocycles. The molecule has 19 heavy (non-hydrogen) atoms. The minimum absolute atomic E-state index is 0.176. The van der Waals surface area contributed by atoms with Gasteiger partial charge < -0.3 is 9.47 Å². The topological polar surface area (TPSA) is 65.1 Å². The molecule has 6 nitrogen and oxygen atoms in total. The molecule has 0 aromatic heterocycles. The van der Waals surface area contributed by atoms with Crippen LogP contribution < -0.4 is 0 Å². The summed E-state index contributed by atoms with van der Waals surface area (Å²) in [6.45, 7) is 6.01. The zero-order chi connectivity index (χ0) is 14.0. The molecule has 106 valence electrons. The lowest BCUT2D eigenvalue weighted by atomic mass is 10.1. The highest BCUT2D eigenvalue weighted by atomic mass is 16.7. The van der Waals surface area contributed by atoms with Gasteiger partial charge in [0, 0.05) is 11.6 Å². The summed E-state index contributed by atoms with van der Waals surface area (Å²) in [6.07, 6.45) is 2.11. The molecular weight excluding hydrogens is 250 g/mol. The number of nitrogens with zero attached hydrogens (tertiary/aromatic N) is 1. The van der Waals surface area contributed by atoms with Gasteiger partial charge in [-0.15, -0.1) is 0 Å². The molecule has 0 radical (unpaired) electrons. The lowest BCUT2D eigenvalue weighted by Crippen LogP contribution is -2.39. The summed E-state index contributed by atoms with van der Waals surface area (Å²) in [5.41, 5.74) is 0.218. The third-order valence-corrected chi connectivity index (χ3v) is 2.79. The predicted molar refractivity (Wildman–Crippen MR) is 66.1 cm³/mol. The summed E-state index contributed by atoms with van der Waals surface area (Å²) >= 11 is 0. The molecule has 0 aromatic rings. The van der Waals surface area contributed by atoms with Gasteiger partial charge in [0.15, 0.2) is 0 Å². The van der Waals surface area contributed by atoms with E-state index in [9.17, 15) is 9.59 Å². The van der Waals surface area contributed by atoms with Gasteiger partial charge in [0.1, 0.15) is 18.3 Å².